The van der Waals surface area contributed by atoms with Gasteiger partial charge in [0.25, 0.3) is 20.0 Å². The quantitative estimate of drug-likeness (QED) is 0.127. The fourth-order valence-electron chi connectivity index (χ4n) is 4.47. The van der Waals surface area contributed by atoms with Crippen LogP contribution >= 0.6 is 0 Å². The largest absolute Gasteiger partial charge is 0.478 e. The first-order valence-electron chi connectivity index (χ1n) is 14.2. The zero-order chi connectivity index (χ0) is 34.8. The van der Waals surface area contributed by atoms with Gasteiger partial charge in [-0.2, -0.15) is 0 Å². The highest BCUT2D eigenvalue weighted by molar-refractivity contribution is 7.93. The number of nitrogens with one attached hydrogen (secondary N) is 2. The lowest BCUT2D eigenvalue weighted by Gasteiger charge is -2.10. The minimum Gasteiger partial charge on any atom is -0.478 e. The highest BCUT2D eigenvalue weighted by Gasteiger charge is 2.16. The molecule has 0 unspecified atom stereocenters. The Morgan fingerprint density at radius 2 is 1.00 bits per heavy atom. The second-order valence-corrected chi connectivity index (χ2v) is 14.0. The van der Waals surface area contributed by atoms with Crippen molar-refractivity contribution in [1.82, 2.24) is 0 Å². The number of carbonyl (C=O) groups is 2. The first-order valence-corrected chi connectivity index (χ1v) is 17.1. The summed E-state index contributed by atoms with van der Waals surface area (Å²) in [6.07, 6.45) is 5.05. The number of hydrogen-bond donors (Lipinski definition) is 3. The number of rotatable bonds is 10. The summed E-state index contributed by atoms with van der Waals surface area (Å²) in [6.45, 7) is 7.59. The molecule has 4 rings (SSSR count). The lowest BCUT2D eigenvalue weighted by molar-refractivity contribution is -0.135. The van der Waals surface area contributed by atoms with E-state index in [9.17, 15) is 26.4 Å². The van der Waals surface area contributed by atoms with Crippen LogP contribution in [-0.2, 0) is 34.4 Å². The van der Waals surface area contributed by atoms with E-state index < -0.39 is 32.0 Å². The molecule has 0 fully saturated rings. The molecule has 0 aromatic heterocycles. The second-order valence-electron chi connectivity index (χ2n) is 10.6. The lowest BCUT2D eigenvalue weighted by Crippen LogP contribution is -2.13. The molecule has 0 aliphatic carbocycles. The summed E-state index contributed by atoms with van der Waals surface area (Å²) in [6, 6.07) is 23.4. The fourth-order valence-corrected chi connectivity index (χ4v) is 6.66. The number of carbonyl (C=O) groups excluding carboxylic acids is 1. The SMILES string of the molecule is COC(=O)/C=C/c1cccc(S(=O)(=O)Nc2cc(C)cc(C)c2)c1.Cc1cc(C)cc(NS(=O)(=O)c2cccc(/C=C/C(=O)O)c2)c1. The maximum Gasteiger partial charge on any atom is 0.330 e. The van der Waals surface area contributed by atoms with Gasteiger partial charge in [0.05, 0.1) is 16.9 Å². The number of benzene rings is 4. The number of hydrogen-bond acceptors (Lipinski definition) is 7. The second kappa shape index (κ2) is 15.9. The van der Waals surface area contributed by atoms with Gasteiger partial charge >= 0.3 is 11.9 Å². The predicted molar refractivity (Wildman–Crippen MR) is 184 cm³/mol. The van der Waals surface area contributed by atoms with Gasteiger partial charge in [-0.25, -0.2) is 26.4 Å². The van der Waals surface area contributed by atoms with Gasteiger partial charge in [0.15, 0.2) is 0 Å². The van der Waals surface area contributed by atoms with Gasteiger partial charge in [-0.15, -0.1) is 0 Å². The Labute approximate surface area is 275 Å². The Hall–Kier alpha value is -5.20. The molecule has 0 saturated heterocycles. The third-order valence-electron chi connectivity index (χ3n) is 6.32. The van der Waals surface area contributed by atoms with E-state index >= 15 is 0 Å². The van der Waals surface area contributed by atoms with Gasteiger partial charge in [-0.3, -0.25) is 9.44 Å². The number of aryl methyl sites for hydroxylation is 4. The number of ether oxygens (including phenoxy) is 1. The van der Waals surface area contributed by atoms with E-state index in [2.05, 4.69) is 14.2 Å². The Morgan fingerprint density at radius 1 is 0.617 bits per heavy atom. The summed E-state index contributed by atoms with van der Waals surface area (Å²) in [5, 5.41) is 8.63. The minimum atomic E-state index is -3.74. The van der Waals surface area contributed by atoms with Gasteiger partial charge in [0.1, 0.15) is 0 Å². The van der Waals surface area contributed by atoms with Crippen LogP contribution < -0.4 is 9.44 Å². The molecule has 3 N–H and O–H groups in total. The smallest absolute Gasteiger partial charge is 0.330 e. The van der Waals surface area contributed by atoms with Crippen LogP contribution in [-0.4, -0.2) is 41.0 Å². The number of aliphatic carboxylic acids is 1. The number of anilines is 2. The molecule has 0 spiro atoms. The number of sulfonamides is 2. The van der Waals surface area contributed by atoms with Crippen molar-refractivity contribution in [2.24, 2.45) is 0 Å². The van der Waals surface area contributed by atoms with E-state index in [0.717, 1.165) is 28.3 Å². The number of methoxy groups -OCH3 is 1. The van der Waals surface area contributed by atoms with Crippen molar-refractivity contribution in [3.8, 4) is 0 Å². The lowest BCUT2D eigenvalue weighted by atomic mass is 10.1. The molecule has 4 aromatic rings. The van der Waals surface area contributed by atoms with Crippen molar-refractivity contribution in [2.45, 2.75) is 37.5 Å². The minimum absolute atomic E-state index is 0.0733. The molecule has 4 aromatic carbocycles. The molecule has 0 bridgehead atoms. The maximum atomic E-state index is 12.5. The molecular formula is C35H36N2O8S2. The van der Waals surface area contributed by atoms with Crippen LogP contribution in [0.1, 0.15) is 33.4 Å². The standard InChI is InChI=1S/C18H19NO4S.C17H17NO4S/c1-13-9-14(2)11-16(10-13)19-24(21,22)17-6-4-5-15(12-17)7-8-18(20)23-3;1-12-8-13(2)10-15(9-12)18-23(21,22)16-5-3-4-14(11-16)6-7-17(19)20/h4-12,19H,1-3H3;3-11,18H,1-2H3,(H,19,20)/b8-7+;7-6+. The zero-order valence-corrected chi connectivity index (χ0v) is 28.1. The monoisotopic (exact) mass is 676 g/mol. The average Bonchev–Trinajstić information content (AvgIpc) is 2.98. The average molecular weight is 677 g/mol. The Kier molecular flexibility index (Phi) is 12.3. The molecule has 246 valence electrons. The summed E-state index contributed by atoms with van der Waals surface area (Å²) in [4.78, 5) is 21.9. The van der Waals surface area contributed by atoms with Crippen molar-refractivity contribution in [3.63, 3.8) is 0 Å². The van der Waals surface area contributed by atoms with Crippen LogP contribution in [0.5, 0.6) is 0 Å². The molecular weight excluding hydrogens is 641 g/mol. The molecule has 12 heteroatoms. The Morgan fingerprint density at radius 3 is 1.36 bits per heavy atom. The molecule has 0 saturated carbocycles. The van der Waals surface area contributed by atoms with Crippen LogP contribution in [0.25, 0.3) is 12.2 Å². The predicted octanol–water partition coefficient (Wildman–Crippen LogP) is 6.49. The van der Waals surface area contributed by atoms with Crippen molar-refractivity contribution >= 4 is 55.5 Å². The molecule has 0 atom stereocenters. The van der Waals surface area contributed by atoms with Crippen LogP contribution in [0, 0.1) is 27.7 Å². The zero-order valence-electron chi connectivity index (χ0n) is 26.5. The topological polar surface area (TPSA) is 156 Å². The first-order chi connectivity index (χ1) is 22.1. The van der Waals surface area contributed by atoms with Crippen molar-refractivity contribution in [2.75, 3.05) is 16.6 Å². The van der Waals surface area contributed by atoms with E-state index in [-0.39, 0.29) is 9.79 Å². The summed E-state index contributed by atoms with van der Waals surface area (Å²) >= 11 is 0. The molecule has 47 heavy (non-hydrogen) atoms. The number of esters is 1. The van der Waals surface area contributed by atoms with Gasteiger partial charge in [-0.05, 0) is 122 Å². The first kappa shape index (κ1) is 36.3. The van der Waals surface area contributed by atoms with E-state index in [0.29, 0.717) is 22.5 Å². The summed E-state index contributed by atoms with van der Waals surface area (Å²) in [5.74, 6) is -1.59. The number of carboxylic acid groups (broad SMARTS) is 1. The van der Waals surface area contributed by atoms with E-state index in [4.69, 9.17) is 5.11 Å². The van der Waals surface area contributed by atoms with Crippen LogP contribution in [0.4, 0.5) is 11.4 Å². The highest BCUT2D eigenvalue weighted by atomic mass is 32.2. The maximum absolute atomic E-state index is 12.5. The molecule has 0 radical (unpaired) electrons. The van der Waals surface area contributed by atoms with Gasteiger partial charge < -0.3 is 9.84 Å². The number of carboxylic acids is 1. The molecule has 0 amide bonds. The highest BCUT2D eigenvalue weighted by Crippen LogP contribution is 2.21. The summed E-state index contributed by atoms with van der Waals surface area (Å²) in [7, 11) is -6.17. The van der Waals surface area contributed by atoms with Crippen molar-refractivity contribution < 1.29 is 36.3 Å². The van der Waals surface area contributed by atoms with Crippen molar-refractivity contribution in [3.05, 3.63) is 130 Å². The third-order valence-corrected chi connectivity index (χ3v) is 9.07. The molecule has 10 nitrogen and oxygen atoms in total. The fraction of sp³-hybridized carbons (Fsp3) is 0.143. The van der Waals surface area contributed by atoms with Crippen LogP contribution in [0.3, 0.4) is 0 Å². The van der Waals surface area contributed by atoms with Gasteiger partial charge in [0.2, 0.25) is 0 Å². The van der Waals surface area contributed by atoms with E-state index in [1.165, 1.54) is 49.6 Å². The van der Waals surface area contributed by atoms with Crippen molar-refractivity contribution in [1.29, 1.82) is 0 Å². The normalized spacial score (nSPS) is 11.5. The van der Waals surface area contributed by atoms with Gasteiger partial charge in [-0.1, -0.05) is 36.4 Å². The van der Waals surface area contributed by atoms with Crippen LogP contribution in [0.15, 0.2) is 107 Å². The van der Waals surface area contributed by atoms with Gasteiger partial charge in [0, 0.05) is 23.5 Å². The summed E-state index contributed by atoms with van der Waals surface area (Å²) < 4.78 is 59.6. The molecule has 0 aliphatic heterocycles. The summed E-state index contributed by atoms with van der Waals surface area (Å²) in [5.41, 5.74) is 5.96. The Balaban J connectivity index is 0.000000256. The van der Waals surface area contributed by atoms with E-state index in [1.54, 1.807) is 48.5 Å². The third kappa shape index (κ3) is 11.6. The van der Waals surface area contributed by atoms with E-state index in [1.807, 2.05) is 39.8 Å². The molecule has 0 aliphatic rings. The van der Waals surface area contributed by atoms with Crippen LogP contribution in [0.2, 0.25) is 0 Å². The Bertz CT molecular complexity index is 2010. The molecule has 0 heterocycles.